The lowest BCUT2D eigenvalue weighted by Crippen LogP contribution is -2.07. The van der Waals surface area contributed by atoms with Crippen molar-refractivity contribution in [3.63, 3.8) is 0 Å². The molecule has 0 aromatic heterocycles. The zero-order valence-electron chi connectivity index (χ0n) is 14.9. The van der Waals surface area contributed by atoms with E-state index in [9.17, 15) is 0 Å². The van der Waals surface area contributed by atoms with Crippen LogP contribution in [-0.4, -0.2) is 14.2 Å². The second kappa shape index (κ2) is 6.68. The van der Waals surface area contributed by atoms with Gasteiger partial charge in [0, 0.05) is 5.92 Å². The van der Waals surface area contributed by atoms with E-state index in [4.69, 9.17) is 32.7 Å². The van der Waals surface area contributed by atoms with Crippen LogP contribution in [0.1, 0.15) is 39.9 Å². The molecule has 2 aromatic rings. The maximum atomic E-state index is 6.78. The number of ether oxygens (including phenoxy) is 2. The minimum absolute atomic E-state index is 0.145. The summed E-state index contributed by atoms with van der Waals surface area (Å²) in [5, 5.41) is -0.289. The third-order valence-corrected chi connectivity index (χ3v) is 6.34. The van der Waals surface area contributed by atoms with Crippen LogP contribution in [0.5, 0.6) is 11.5 Å². The molecular weight excluding hydrogens is 367 g/mol. The van der Waals surface area contributed by atoms with Gasteiger partial charge in [0.05, 0.1) is 25.0 Å². The molecule has 0 N–H and O–H groups in total. The third kappa shape index (κ3) is 2.72. The molecule has 0 spiro atoms. The van der Waals surface area contributed by atoms with E-state index in [0.717, 1.165) is 33.8 Å². The molecule has 26 heavy (non-hydrogen) atoms. The van der Waals surface area contributed by atoms with Crippen molar-refractivity contribution in [3.8, 4) is 11.5 Å². The number of hydrogen-bond donors (Lipinski definition) is 0. The molecule has 2 nitrogen and oxygen atoms in total. The molecule has 2 aliphatic rings. The summed E-state index contributed by atoms with van der Waals surface area (Å²) in [6, 6.07) is 12.1. The van der Waals surface area contributed by atoms with Crippen molar-refractivity contribution in [2.24, 2.45) is 5.92 Å². The number of halogens is 2. The van der Waals surface area contributed by atoms with E-state index in [0.29, 0.717) is 0 Å². The molecule has 0 saturated heterocycles. The molecule has 0 saturated carbocycles. The smallest absolute Gasteiger partial charge is 0.119 e. The zero-order valence-corrected chi connectivity index (χ0v) is 16.4. The monoisotopic (exact) mass is 386 g/mol. The number of alkyl halides is 2. The second-order valence-electron chi connectivity index (χ2n) is 6.73. The third-order valence-electron chi connectivity index (χ3n) is 5.36. The summed E-state index contributed by atoms with van der Waals surface area (Å²) in [4.78, 5) is 0. The van der Waals surface area contributed by atoms with Crippen molar-refractivity contribution in [1.82, 2.24) is 0 Å². The first-order chi connectivity index (χ1) is 12.5. The molecule has 2 aliphatic carbocycles. The van der Waals surface area contributed by atoms with Gasteiger partial charge in [-0.15, -0.1) is 23.2 Å². The van der Waals surface area contributed by atoms with Gasteiger partial charge in [0.25, 0.3) is 0 Å². The number of fused-ring (bicyclic) bond motifs is 2. The first-order valence-electron chi connectivity index (χ1n) is 8.60. The Morgan fingerprint density at radius 1 is 0.769 bits per heavy atom. The number of hydrogen-bond acceptors (Lipinski definition) is 2. The first-order valence-corrected chi connectivity index (χ1v) is 9.47. The average molecular weight is 387 g/mol. The van der Waals surface area contributed by atoms with Gasteiger partial charge in [0.2, 0.25) is 0 Å². The second-order valence-corrected chi connectivity index (χ2v) is 7.60. The van der Waals surface area contributed by atoms with Crippen LogP contribution in [0, 0.1) is 5.92 Å². The highest BCUT2D eigenvalue weighted by Crippen LogP contribution is 2.51. The van der Waals surface area contributed by atoms with Gasteiger partial charge in [-0.2, -0.15) is 0 Å². The minimum atomic E-state index is -0.145. The lowest BCUT2D eigenvalue weighted by molar-refractivity contribution is 0.414. The van der Waals surface area contributed by atoms with Crippen molar-refractivity contribution >= 4 is 35.4 Å². The van der Waals surface area contributed by atoms with E-state index in [-0.39, 0.29) is 16.7 Å². The van der Waals surface area contributed by atoms with E-state index >= 15 is 0 Å². The summed E-state index contributed by atoms with van der Waals surface area (Å²) in [6.07, 6.45) is 4.35. The molecule has 0 bridgehead atoms. The van der Waals surface area contributed by atoms with Gasteiger partial charge < -0.3 is 9.47 Å². The van der Waals surface area contributed by atoms with E-state index in [2.05, 4.69) is 19.1 Å². The van der Waals surface area contributed by atoms with Crippen molar-refractivity contribution < 1.29 is 9.47 Å². The molecule has 2 atom stereocenters. The summed E-state index contributed by atoms with van der Waals surface area (Å²) in [7, 11) is 3.35. The Morgan fingerprint density at radius 3 is 1.58 bits per heavy atom. The van der Waals surface area contributed by atoms with Crippen LogP contribution in [-0.2, 0) is 0 Å². The normalized spacial score (nSPS) is 21.6. The minimum Gasteiger partial charge on any atom is -0.497 e. The first kappa shape index (κ1) is 17.5. The van der Waals surface area contributed by atoms with E-state index in [1.165, 1.54) is 11.1 Å². The van der Waals surface area contributed by atoms with Crippen LogP contribution >= 0.6 is 23.2 Å². The summed E-state index contributed by atoms with van der Waals surface area (Å²) in [6.45, 7) is 2.18. The van der Waals surface area contributed by atoms with Crippen molar-refractivity contribution in [3.05, 3.63) is 69.8 Å². The molecule has 0 fully saturated rings. The number of benzene rings is 2. The van der Waals surface area contributed by atoms with Crippen LogP contribution in [0.4, 0.5) is 0 Å². The van der Waals surface area contributed by atoms with Crippen LogP contribution in [0.2, 0.25) is 0 Å². The van der Waals surface area contributed by atoms with Crippen LogP contribution in [0.25, 0.3) is 12.2 Å². The fraction of sp³-hybridized carbons (Fsp3) is 0.273. The number of methoxy groups -OCH3 is 2. The number of allylic oxidation sites excluding steroid dienone is 2. The molecule has 2 unspecified atom stereocenters. The zero-order chi connectivity index (χ0) is 18.4. The standard InChI is InChI=1S/C22H20Cl2O2/c1-12(19-10-13-8-15(25-2)4-6-17(13)21(19)23)20-11-14-9-16(26-3)5-7-18(14)22(20)24/h4-12,21-22H,1-3H3. The lowest BCUT2D eigenvalue weighted by atomic mass is 9.89. The van der Waals surface area contributed by atoms with E-state index in [1.807, 2.05) is 36.4 Å². The topological polar surface area (TPSA) is 18.5 Å². The summed E-state index contributed by atoms with van der Waals surface area (Å²) < 4.78 is 10.7. The molecule has 2 aromatic carbocycles. The van der Waals surface area contributed by atoms with Crippen molar-refractivity contribution in [2.45, 2.75) is 17.7 Å². The van der Waals surface area contributed by atoms with E-state index in [1.54, 1.807) is 14.2 Å². The highest BCUT2D eigenvalue weighted by molar-refractivity contribution is 6.25. The average Bonchev–Trinajstić information content (AvgIpc) is 3.17. The summed E-state index contributed by atoms with van der Waals surface area (Å²) in [5.74, 6) is 1.83. The fourth-order valence-electron chi connectivity index (χ4n) is 3.82. The predicted molar refractivity (Wildman–Crippen MR) is 108 cm³/mol. The molecule has 4 heteroatoms. The largest absolute Gasteiger partial charge is 0.497 e. The van der Waals surface area contributed by atoms with Crippen LogP contribution < -0.4 is 9.47 Å². The Morgan fingerprint density at radius 2 is 1.19 bits per heavy atom. The highest BCUT2D eigenvalue weighted by atomic mass is 35.5. The molecular formula is C22H20Cl2O2. The molecule has 4 rings (SSSR count). The maximum Gasteiger partial charge on any atom is 0.119 e. The van der Waals surface area contributed by atoms with Gasteiger partial charge >= 0.3 is 0 Å². The van der Waals surface area contributed by atoms with E-state index < -0.39 is 0 Å². The Bertz CT molecular complexity index is 854. The maximum absolute atomic E-state index is 6.78. The Balaban J connectivity index is 1.67. The molecule has 134 valence electrons. The van der Waals surface area contributed by atoms with Crippen LogP contribution in [0.15, 0.2) is 47.5 Å². The fourth-order valence-corrected chi connectivity index (χ4v) is 4.72. The Labute approximate surface area is 164 Å². The van der Waals surface area contributed by atoms with Gasteiger partial charge in [-0.1, -0.05) is 31.2 Å². The van der Waals surface area contributed by atoms with Crippen molar-refractivity contribution in [2.75, 3.05) is 14.2 Å². The van der Waals surface area contributed by atoms with Gasteiger partial charge in [-0.25, -0.2) is 0 Å². The lowest BCUT2D eigenvalue weighted by Gasteiger charge is -2.21. The quantitative estimate of drug-likeness (QED) is 0.566. The van der Waals surface area contributed by atoms with Gasteiger partial charge in [-0.05, 0) is 57.7 Å². The Hall–Kier alpha value is -1.90. The summed E-state index contributed by atoms with van der Waals surface area (Å²) in [5.41, 5.74) is 6.83. The van der Waals surface area contributed by atoms with Gasteiger partial charge in [0.1, 0.15) is 11.5 Å². The molecule has 0 heterocycles. The van der Waals surface area contributed by atoms with Gasteiger partial charge in [-0.3, -0.25) is 0 Å². The number of rotatable bonds is 4. The predicted octanol–water partition coefficient (Wildman–Crippen LogP) is 6.39. The molecule has 0 amide bonds. The Kier molecular flexibility index (Phi) is 4.50. The van der Waals surface area contributed by atoms with Crippen molar-refractivity contribution in [1.29, 1.82) is 0 Å². The highest BCUT2D eigenvalue weighted by Gasteiger charge is 2.34. The molecule has 0 aliphatic heterocycles. The van der Waals surface area contributed by atoms with Crippen LogP contribution in [0.3, 0.4) is 0 Å². The SMILES string of the molecule is COc1ccc2c(c1)C=C(C(C)C1=Cc3cc(OC)ccc3C1Cl)C2Cl. The molecule has 0 radical (unpaired) electrons. The van der Waals surface area contributed by atoms with Gasteiger partial charge in [0.15, 0.2) is 0 Å². The summed E-state index contributed by atoms with van der Waals surface area (Å²) >= 11 is 13.6.